The van der Waals surface area contributed by atoms with Gasteiger partial charge in [0.2, 0.25) is 0 Å². The number of hydrogen-bond acceptors (Lipinski definition) is 4. The summed E-state index contributed by atoms with van der Waals surface area (Å²) in [5.74, 6) is -1.59. The average molecular weight is 832 g/mol. The highest BCUT2D eigenvalue weighted by atomic mass is 16.2. The number of unbranched alkanes of at least 4 members (excludes halogenated alkanes) is 16. The first-order valence-corrected chi connectivity index (χ1v) is 24.3. The summed E-state index contributed by atoms with van der Waals surface area (Å²) < 4.78 is 0. The fraction of sp³-hybridized carbons (Fsp3) is 0.556. The standard InChI is InChI=1S/C54H77N3O4/c1-5-9-13-17-21-33-43(34-22-18-14-10-6-2)55-51(58)45-37-25-29-41-31-27-39-47(49(41)45)53(60)57-54(61)48-40-28-32-42-30-26-38-46(50(42)48)52(59)56-44(35-23-19-15-11-7-3)36-24-20-16-12-8-4/h25-32,37-40,43-44H,5-24,33-36H2,1-4H3,(H,55,58)(H,56,59)(H,57,60,61). The zero-order valence-electron chi connectivity index (χ0n) is 38.2. The maximum atomic E-state index is 14.2. The third-order valence-corrected chi connectivity index (χ3v) is 12.3. The summed E-state index contributed by atoms with van der Waals surface area (Å²) in [5, 5.41) is 11.9. The molecule has 7 heteroatoms. The molecule has 4 aromatic rings. The second kappa shape index (κ2) is 28.2. The summed E-state index contributed by atoms with van der Waals surface area (Å²) in [6, 6.07) is 21.8. The summed E-state index contributed by atoms with van der Waals surface area (Å²) in [6.45, 7) is 8.88. The Bertz CT molecular complexity index is 1780. The molecule has 0 radical (unpaired) electrons. The van der Waals surface area contributed by atoms with Gasteiger partial charge in [0.15, 0.2) is 0 Å². The first-order chi connectivity index (χ1) is 29.8. The van der Waals surface area contributed by atoms with E-state index in [9.17, 15) is 19.2 Å². The van der Waals surface area contributed by atoms with Gasteiger partial charge in [0.1, 0.15) is 0 Å². The number of carbonyl (C=O) groups excluding carboxylic acids is 4. The molecule has 0 bridgehead atoms. The fourth-order valence-corrected chi connectivity index (χ4v) is 8.76. The van der Waals surface area contributed by atoms with Gasteiger partial charge in [-0.05, 0) is 60.7 Å². The molecule has 7 nitrogen and oxygen atoms in total. The molecule has 0 aliphatic heterocycles. The van der Waals surface area contributed by atoms with Crippen molar-refractivity contribution in [2.24, 2.45) is 0 Å². The van der Waals surface area contributed by atoms with E-state index in [1.165, 1.54) is 77.0 Å². The molecule has 0 aromatic heterocycles. The average Bonchev–Trinajstić information content (AvgIpc) is 3.27. The lowest BCUT2D eigenvalue weighted by molar-refractivity contribution is 0.0850. The number of amides is 4. The smallest absolute Gasteiger partial charge is 0.258 e. The molecule has 0 unspecified atom stereocenters. The lowest BCUT2D eigenvalue weighted by atomic mass is 9.95. The minimum Gasteiger partial charge on any atom is -0.349 e. The molecule has 332 valence electrons. The van der Waals surface area contributed by atoms with E-state index in [0.717, 1.165) is 87.8 Å². The first-order valence-electron chi connectivity index (χ1n) is 24.3. The van der Waals surface area contributed by atoms with Crippen LogP contribution in [0.1, 0.15) is 223 Å². The van der Waals surface area contributed by atoms with Gasteiger partial charge in [0, 0.05) is 45.1 Å². The third kappa shape index (κ3) is 16.0. The number of nitrogens with one attached hydrogen (secondary N) is 3. The van der Waals surface area contributed by atoms with Crippen LogP contribution in [0.5, 0.6) is 0 Å². The first kappa shape index (κ1) is 49.1. The van der Waals surface area contributed by atoms with E-state index >= 15 is 0 Å². The van der Waals surface area contributed by atoms with Crippen molar-refractivity contribution >= 4 is 45.2 Å². The Balaban J connectivity index is 1.56. The molecule has 0 spiro atoms. The van der Waals surface area contributed by atoms with Crippen LogP contribution in [-0.2, 0) is 0 Å². The normalized spacial score (nSPS) is 11.4. The molecule has 0 aliphatic rings. The Morgan fingerprint density at radius 2 is 0.623 bits per heavy atom. The third-order valence-electron chi connectivity index (χ3n) is 12.3. The van der Waals surface area contributed by atoms with E-state index in [4.69, 9.17) is 0 Å². The van der Waals surface area contributed by atoms with Gasteiger partial charge in [0.05, 0.1) is 0 Å². The lowest BCUT2D eigenvalue weighted by Gasteiger charge is -2.20. The molecule has 0 heterocycles. The number of rotatable bonds is 30. The Morgan fingerprint density at radius 1 is 0.361 bits per heavy atom. The van der Waals surface area contributed by atoms with Crippen LogP contribution in [0.4, 0.5) is 0 Å². The second-order valence-electron chi connectivity index (χ2n) is 17.4. The second-order valence-corrected chi connectivity index (χ2v) is 17.4. The van der Waals surface area contributed by atoms with Crippen LogP contribution in [0, 0.1) is 0 Å². The summed E-state index contributed by atoms with van der Waals surface area (Å²) >= 11 is 0. The van der Waals surface area contributed by atoms with Gasteiger partial charge in [-0.25, -0.2) is 0 Å². The largest absolute Gasteiger partial charge is 0.349 e. The zero-order chi connectivity index (χ0) is 43.7. The van der Waals surface area contributed by atoms with Gasteiger partial charge in [0.25, 0.3) is 23.6 Å². The minimum atomic E-state index is -0.593. The predicted octanol–water partition coefficient (Wildman–Crippen LogP) is 14.2. The monoisotopic (exact) mass is 832 g/mol. The van der Waals surface area contributed by atoms with E-state index in [1.807, 2.05) is 36.4 Å². The van der Waals surface area contributed by atoms with Crippen LogP contribution in [0.25, 0.3) is 21.5 Å². The van der Waals surface area contributed by atoms with Crippen LogP contribution >= 0.6 is 0 Å². The molecular weight excluding hydrogens is 755 g/mol. The quantitative estimate of drug-likeness (QED) is 0.0359. The van der Waals surface area contributed by atoms with E-state index < -0.39 is 11.8 Å². The molecule has 4 rings (SSSR count). The highest BCUT2D eigenvalue weighted by Gasteiger charge is 2.24. The van der Waals surface area contributed by atoms with Crippen molar-refractivity contribution in [1.82, 2.24) is 16.0 Å². The van der Waals surface area contributed by atoms with E-state index in [2.05, 4.69) is 43.6 Å². The van der Waals surface area contributed by atoms with Gasteiger partial charge in [-0.1, -0.05) is 205 Å². The topological polar surface area (TPSA) is 104 Å². The molecule has 61 heavy (non-hydrogen) atoms. The molecule has 0 saturated carbocycles. The molecule has 0 fully saturated rings. The molecule has 0 atom stereocenters. The highest BCUT2D eigenvalue weighted by molar-refractivity contribution is 6.23. The maximum Gasteiger partial charge on any atom is 0.258 e. The van der Waals surface area contributed by atoms with Crippen molar-refractivity contribution in [2.45, 2.75) is 194 Å². The van der Waals surface area contributed by atoms with Gasteiger partial charge in [-0.3, -0.25) is 24.5 Å². The van der Waals surface area contributed by atoms with Crippen LogP contribution in [0.15, 0.2) is 72.8 Å². The van der Waals surface area contributed by atoms with Crippen LogP contribution < -0.4 is 16.0 Å². The molecular formula is C54H77N3O4. The van der Waals surface area contributed by atoms with Crippen molar-refractivity contribution in [3.05, 3.63) is 95.1 Å². The van der Waals surface area contributed by atoms with Crippen LogP contribution in [-0.4, -0.2) is 35.7 Å². The number of imide groups is 1. The number of hydrogen-bond donors (Lipinski definition) is 3. The Hall–Kier alpha value is -4.52. The Morgan fingerprint density at radius 3 is 0.902 bits per heavy atom. The SMILES string of the molecule is CCCCCCCC(CCCCCCC)NC(=O)c1cccc2cccc(C(=O)NC(=O)c3cccc4cccc(C(=O)NC(CCCCCCC)CCCCCCC)c34)c12. The van der Waals surface area contributed by atoms with Gasteiger partial charge in [-0.15, -0.1) is 0 Å². The van der Waals surface area contributed by atoms with Crippen molar-refractivity contribution < 1.29 is 19.2 Å². The van der Waals surface area contributed by atoms with Crippen LogP contribution in [0.3, 0.4) is 0 Å². The molecule has 0 aliphatic carbocycles. The van der Waals surface area contributed by atoms with Crippen molar-refractivity contribution in [3.63, 3.8) is 0 Å². The predicted molar refractivity (Wildman–Crippen MR) is 256 cm³/mol. The van der Waals surface area contributed by atoms with Gasteiger partial charge >= 0.3 is 0 Å². The fourth-order valence-electron chi connectivity index (χ4n) is 8.76. The van der Waals surface area contributed by atoms with Crippen molar-refractivity contribution in [2.75, 3.05) is 0 Å². The highest BCUT2D eigenvalue weighted by Crippen LogP contribution is 2.27. The number of benzene rings is 4. The van der Waals surface area contributed by atoms with Gasteiger partial charge in [-0.2, -0.15) is 0 Å². The molecule has 0 saturated heterocycles. The zero-order valence-corrected chi connectivity index (χ0v) is 38.2. The summed E-state index contributed by atoms with van der Waals surface area (Å²) in [4.78, 5) is 56.6. The molecule has 4 amide bonds. The lowest BCUT2D eigenvalue weighted by Crippen LogP contribution is -2.36. The van der Waals surface area contributed by atoms with E-state index in [0.29, 0.717) is 21.9 Å². The summed E-state index contributed by atoms with van der Waals surface area (Å²) in [7, 11) is 0. The Kier molecular flexibility index (Phi) is 22.7. The van der Waals surface area contributed by atoms with Crippen molar-refractivity contribution in [1.29, 1.82) is 0 Å². The Labute approximate surface area is 368 Å². The summed E-state index contributed by atoms with van der Waals surface area (Å²) in [6.07, 6.45) is 27.2. The summed E-state index contributed by atoms with van der Waals surface area (Å²) in [5.41, 5.74) is 1.36. The molecule has 3 N–H and O–H groups in total. The van der Waals surface area contributed by atoms with E-state index in [-0.39, 0.29) is 35.0 Å². The van der Waals surface area contributed by atoms with Crippen molar-refractivity contribution in [3.8, 4) is 0 Å². The van der Waals surface area contributed by atoms with E-state index in [1.54, 1.807) is 36.4 Å². The minimum absolute atomic E-state index is 0.0539. The van der Waals surface area contributed by atoms with Gasteiger partial charge < -0.3 is 10.6 Å². The van der Waals surface area contributed by atoms with Crippen LogP contribution in [0.2, 0.25) is 0 Å². The number of carbonyl (C=O) groups is 4. The number of fused-ring (bicyclic) bond motifs is 2. The molecule has 4 aromatic carbocycles. The maximum absolute atomic E-state index is 14.2.